The number of carbonyl (C=O) groups is 1. The van der Waals surface area contributed by atoms with E-state index >= 15 is 0 Å². The lowest BCUT2D eigenvalue weighted by Gasteiger charge is -2.32. The molecular formula is C27H32N2O. The van der Waals surface area contributed by atoms with E-state index in [9.17, 15) is 4.79 Å². The van der Waals surface area contributed by atoms with Crippen LogP contribution in [0.1, 0.15) is 35.1 Å². The molecule has 3 heteroatoms. The Morgan fingerprint density at radius 2 is 1.47 bits per heavy atom. The summed E-state index contributed by atoms with van der Waals surface area (Å²) < 4.78 is 0. The molecule has 0 aromatic heterocycles. The average Bonchev–Trinajstić information content (AvgIpc) is 2.76. The molecule has 3 aromatic carbocycles. The van der Waals surface area contributed by atoms with Crippen LogP contribution in [-0.2, 0) is 16.6 Å². The van der Waals surface area contributed by atoms with Crippen LogP contribution in [0.3, 0.4) is 0 Å². The predicted octanol–water partition coefficient (Wildman–Crippen LogP) is 4.72. The first-order chi connectivity index (χ1) is 14.5. The minimum atomic E-state index is -0.806. The fraction of sp³-hybridized carbons (Fsp3) is 0.296. The zero-order valence-electron chi connectivity index (χ0n) is 18.1. The fourth-order valence-electron chi connectivity index (χ4n) is 4.22. The summed E-state index contributed by atoms with van der Waals surface area (Å²) in [6.45, 7) is 4.04. The molecule has 0 radical (unpaired) electrons. The van der Waals surface area contributed by atoms with Gasteiger partial charge in [-0.1, -0.05) is 90.5 Å². The lowest BCUT2D eigenvalue weighted by atomic mass is 9.70. The Hall–Kier alpha value is -2.91. The van der Waals surface area contributed by atoms with Crippen molar-refractivity contribution in [1.29, 1.82) is 0 Å². The molecule has 0 bridgehead atoms. The Kier molecular flexibility index (Phi) is 7.42. The highest BCUT2D eigenvalue weighted by Gasteiger charge is 2.39. The molecule has 0 aliphatic carbocycles. The number of hydrogen-bond acceptors (Lipinski definition) is 2. The van der Waals surface area contributed by atoms with Crippen LogP contribution < -0.4 is 5.73 Å². The molecule has 156 valence electrons. The van der Waals surface area contributed by atoms with Crippen LogP contribution in [0.25, 0.3) is 0 Å². The number of likely N-dealkylation sites (N-methyl/N-ethyl adjacent to an activating group) is 1. The van der Waals surface area contributed by atoms with Gasteiger partial charge in [0.15, 0.2) is 0 Å². The first kappa shape index (κ1) is 21.8. The van der Waals surface area contributed by atoms with E-state index in [4.69, 9.17) is 5.73 Å². The van der Waals surface area contributed by atoms with Crippen molar-refractivity contribution < 1.29 is 4.79 Å². The molecule has 3 aromatic rings. The number of nitrogens with zero attached hydrogens (tertiary/aromatic N) is 1. The summed E-state index contributed by atoms with van der Waals surface area (Å²) in [5.74, 6) is -0.290. The van der Waals surface area contributed by atoms with E-state index in [0.29, 0.717) is 6.42 Å². The van der Waals surface area contributed by atoms with Gasteiger partial charge in [0.25, 0.3) is 0 Å². The van der Waals surface area contributed by atoms with Crippen LogP contribution in [0, 0.1) is 6.92 Å². The van der Waals surface area contributed by atoms with Crippen LogP contribution in [0.5, 0.6) is 0 Å². The summed E-state index contributed by atoms with van der Waals surface area (Å²) >= 11 is 0. The Balaban J connectivity index is 1.70. The number of hydrogen-bond donors (Lipinski definition) is 1. The Labute approximate surface area is 180 Å². The summed E-state index contributed by atoms with van der Waals surface area (Å²) in [6.07, 6.45) is 2.60. The van der Waals surface area contributed by atoms with Crippen molar-refractivity contribution in [3.8, 4) is 0 Å². The average molecular weight is 401 g/mol. The van der Waals surface area contributed by atoms with Crippen LogP contribution in [-0.4, -0.2) is 30.9 Å². The molecule has 2 N–H and O–H groups in total. The molecule has 0 saturated heterocycles. The number of nitrogens with two attached hydrogens (primary N) is 1. The minimum absolute atomic E-state index is 0.290. The lowest BCUT2D eigenvalue weighted by Crippen LogP contribution is -2.43. The monoisotopic (exact) mass is 400 g/mol. The third kappa shape index (κ3) is 5.17. The predicted molar refractivity (Wildman–Crippen MR) is 124 cm³/mol. The van der Waals surface area contributed by atoms with E-state index in [2.05, 4.69) is 43.1 Å². The molecule has 30 heavy (non-hydrogen) atoms. The van der Waals surface area contributed by atoms with Gasteiger partial charge in [-0.3, -0.25) is 4.79 Å². The second kappa shape index (κ2) is 10.2. The summed E-state index contributed by atoms with van der Waals surface area (Å²) in [4.78, 5) is 15.2. The van der Waals surface area contributed by atoms with Gasteiger partial charge in [-0.15, -0.1) is 0 Å². The highest BCUT2D eigenvalue weighted by Crippen LogP contribution is 2.36. The Morgan fingerprint density at radius 1 is 0.867 bits per heavy atom. The Bertz CT molecular complexity index is 898. The number of rotatable bonds is 10. The first-order valence-corrected chi connectivity index (χ1v) is 10.7. The molecule has 3 rings (SSSR count). The minimum Gasteiger partial charge on any atom is -0.369 e. The standard InChI is InChI=1S/C27H32N2O/c1-22-11-9-12-23(21-22)17-20-29(2)19-10-18-27(26(28)30,24-13-5-3-6-14-24)25-15-7-4-8-16-25/h3-9,11-16,21H,10,17-20H2,1-2H3,(H2,28,30). The summed E-state index contributed by atoms with van der Waals surface area (Å²) in [5.41, 5.74) is 9.83. The summed E-state index contributed by atoms with van der Waals surface area (Å²) in [7, 11) is 2.15. The largest absolute Gasteiger partial charge is 0.369 e. The molecule has 3 nitrogen and oxygen atoms in total. The molecule has 0 heterocycles. The molecule has 0 unspecified atom stereocenters. The van der Waals surface area contributed by atoms with Crippen molar-refractivity contribution in [3.63, 3.8) is 0 Å². The maximum Gasteiger partial charge on any atom is 0.232 e. The highest BCUT2D eigenvalue weighted by molar-refractivity contribution is 5.90. The van der Waals surface area contributed by atoms with Crippen molar-refractivity contribution >= 4 is 5.91 Å². The van der Waals surface area contributed by atoms with Crippen molar-refractivity contribution in [2.24, 2.45) is 5.73 Å². The number of primary amides is 1. The fourth-order valence-corrected chi connectivity index (χ4v) is 4.22. The quantitative estimate of drug-likeness (QED) is 0.535. The number of carbonyl (C=O) groups excluding carboxylic acids is 1. The second-order valence-corrected chi connectivity index (χ2v) is 8.15. The van der Waals surface area contributed by atoms with E-state index in [1.165, 1.54) is 11.1 Å². The van der Waals surface area contributed by atoms with Crippen LogP contribution in [0.4, 0.5) is 0 Å². The van der Waals surface area contributed by atoms with Crippen molar-refractivity contribution in [2.45, 2.75) is 31.6 Å². The second-order valence-electron chi connectivity index (χ2n) is 8.15. The van der Waals surface area contributed by atoms with Crippen molar-refractivity contribution in [3.05, 3.63) is 107 Å². The molecule has 0 saturated carbocycles. The van der Waals surface area contributed by atoms with Crippen molar-refractivity contribution in [2.75, 3.05) is 20.1 Å². The van der Waals surface area contributed by atoms with Gasteiger partial charge < -0.3 is 10.6 Å². The SMILES string of the molecule is Cc1cccc(CCN(C)CCCC(C(N)=O)(c2ccccc2)c2ccccc2)c1. The number of benzene rings is 3. The van der Waals surface area contributed by atoms with Crippen molar-refractivity contribution in [1.82, 2.24) is 4.90 Å². The maximum atomic E-state index is 12.8. The zero-order chi connectivity index (χ0) is 21.4. The smallest absolute Gasteiger partial charge is 0.232 e. The third-order valence-electron chi connectivity index (χ3n) is 5.91. The van der Waals surface area contributed by atoms with E-state index in [0.717, 1.165) is 37.1 Å². The Morgan fingerprint density at radius 3 is 2.00 bits per heavy atom. The zero-order valence-corrected chi connectivity index (χ0v) is 18.1. The van der Waals surface area contributed by atoms with E-state index in [1.807, 2.05) is 60.7 Å². The molecule has 0 fully saturated rings. The van der Waals surface area contributed by atoms with Gasteiger partial charge >= 0.3 is 0 Å². The number of aryl methyl sites for hydroxylation is 1. The molecular weight excluding hydrogens is 368 g/mol. The molecule has 0 atom stereocenters. The molecule has 0 aliphatic rings. The van der Waals surface area contributed by atoms with E-state index in [1.54, 1.807) is 0 Å². The molecule has 0 aliphatic heterocycles. The van der Waals surface area contributed by atoms with Crippen LogP contribution in [0.2, 0.25) is 0 Å². The van der Waals surface area contributed by atoms with Crippen LogP contribution in [0.15, 0.2) is 84.9 Å². The van der Waals surface area contributed by atoms with Crippen LogP contribution >= 0.6 is 0 Å². The van der Waals surface area contributed by atoms with Gasteiger partial charge in [0.05, 0.1) is 5.41 Å². The first-order valence-electron chi connectivity index (χ1n) is 10.7. The summed E-state index contributed by atoms with van der Waals surface area (Å²) in [6, 6.07) is 28.6. The number of amides is 1. The van der Waals surface area contributed by atoms with Gasteiger partial charge in [0.1, 0.15) is 0 Å². The topological polar surface area (TPSA) is 46.3 Å². The normalized spacial score (nSPS) is 11.6. The van der Waals surface area contributed by atoms with E-state index in [-0.39, 0.29) is 5.91 Å². The van der Waals surface area contributed by atoms with Gasteiger partial charge in [-0.2, -0.15) is 0 Å². The molecule has 1 amide bonds. The highest BCUT2D eigenvalue weighted by atomic mass is 16.1. The lowest BCUT2D eigenvalue weighted by molar-refractivity contribution is -0.122. The van der Waals surface area contributed by atoms with Gasteiger partial charge in [-0.05, 0) is 56.5 Å². The van der Waals surface area contributed by atoms with Gasteiger partial charge in [0.2, 0.25) is 5.91 Å². The maximum absolute atomic E-state index is 12.8. The van der Waals surface area contributed by atoms with Gasteiger partial charge in [0, 0.05) is 6.54 Å². The summed E-state index contributed by atoms with van der Waals surface area (Å²) in [5, 5.41) is 0. The van der Waals surface area contributed by atoms with E-state index < -0.39 is 5.41 Å². The molecule has 0 spiro atoms. The third-order valence-corrected chi connectivity index (χ3v) is 5.91. The van der Waals surface area contributed by atoms with Gasteiger partial charge in [-0.25, -0.2) is 0 Å².